The maximum atomic E-state index is 11.5. The average molecular weight is 307 g/mol. The SMILES string of the molecule is CN(C)OP(=O)(O)Oc1ccc([N+](=O)[O-])cc1[N+](=O)[O-]. The van der Waals surface area contributed by atoms with Gasteiger partial charge in [-0.2, -0.15) is 9.69 Å². The molecular formula is C8H10N3O8P. The summed E-state index contributed by atoms with van der Waals surface area (Å²) >= 11 is 0. The van der Waals surface area contributed by atoms with Crippen LogP contribution in [0.4, 0.5) is 11.4 Å². The molecule has 1 rings (SSSR count). The van der Waals surface area contributed by atoms with Crippen LogP contribution in [0.25, 0.3) is 0 Å². The molecule has 20 heavy (non-hydrogen) atoms. The van der Waals surface area contributed by atoms with Gasteiger partial charge < -0.3 is 4.52 Å². The van der Waals surface area contributed by atoms with Gasteiger partial charge in [-0.25, -0.2) is 4.57 Å². The predicted octanol–water partition coefficient (Wildman–Crippen LogP) is 1.48. The van der Waals surface area contributed by atoms with Crippen molar-refractivity contribution in [2.75, 3.05) is 14.1 Å². The van der Waals surface area contributed by atoms with Gasteiger partial charge in [0.15, 0.2) is 0 Å². The van der Waals surface area contributed by atoms with Crippen LogP contribution < -0.4 is 4.52 Å². The second kappa shape index (κ2) is 5.92. The van der Waals surface area contributed by atoms with Crippen LogP contribution in [-0.4, -0.2) is 33.9 Å². The standard InChI is InChI=1S/C8H10N3O8P/c1-9(2)19-20(16,17)18-8-4-3-6(10(12)13)5-7(8)11(14)15/h3-5H,1-2H3,(H,16,17). The zero-order valence-corrected chi connectivity index (χ0v) is 11.2. The minimum atomic E-state index is -4.62. The van der Waals surface area contributed by atoms with Crippen molar-refractivity contribution >= 4 is 19.2 Å². The highest BCUT2D eigenvalue weighted by molar-refractivity contribution is 7.47. The summed E-state index contributed by atoms with van der Waals surface area (Å²) in [6, 6.07) is 2.36. The first kappa shape index (κ1) is 16.0. The Hall–Kier alpha value is -2.07. The monoisotopic (exact) mass is 307 g/mol. The third-order valence-electron chi connectivity index (χ3n) is 1.83. The lowest BCUT2D eigenvalue weighted by molar-refractivity contribution is -0.394. The van der Waals surface area contributed by atoms with Crippen LogP contribution in [0.15, 0.2) is 18.2 Å². The van der Waals surface area contributed by atoms with Crippen LogP contribution >= 0.6 is 7.82 Å². The molecule has 0 saturated heterocycles. The molecule has 12 heteroatoms. The lowest BCUT2D eigenvalue weighted by Gasteiger charge is -2.16. The Bertz CT molecular complexity index is 589. The molecule has 0 heterocycles. The van der Waals surface area contributed by atoms with Gasteiger partial charge in [0.2, 0.25) is 5.75 Å². The number of hydrogen-bond donors (Lipinski definition) is 1. The van der Waals surface area contributed by atoms with E-state index in [9.17, 15) is 29.7 Å². The lowest BCUT2D eigenvalue weighted by Crippen LogP contribution is -2.13. The fourth-order valence-electron chi connectivity index (χ4n) is 1.19. The number of benzene rings is 1. The van der Waals surface area contributed by atoms with Crippen molar-refractivity contribution in [2.24, 2.45) is 0 Å². The van der Waals surface area contributed by atoms with Gasteiger partial charge >= 0.3 is 13.5 Å². The maximum absolute atomic E-state index is 11.5. The van der Waals surface area contributed by atoms with Gasteiger partial charge in [-0.1, -0.05) is 0 Å². The van der Waals surface area contributed by atoms with E-state index in [0.717, 1.165) is 17.2 Å². The van der Waals surface area contributed by atoms with Crippen molar-refractivity contribution in [1.29, 1.82) is 0 Å². The van der Waals surface area contributed by atoms with Gasteiger partial charge in [0.25, 0.3) is 5.69 Å². The lowest BCUT2D eigenvalue weighted by atomic mass is 10.2. The Morgan fingerprint density at radius 1 is 1.25 bits per heavy atom. The van der Waals surface area contributed by atoms with Crippen LogP contribution in [0.3, 0.4) is 0 Å². The van der Waals surface area contributed by atoms with E-state index in [2.05, 4.69) is 9.15 Å². The molecule has 0 bridgehead atoms. The van der Waals surface area contributed by atoms with Gasteiger partial charge in [-0.05, 0) is 6.07 Å². The number of non-ortho nitro benzene ring substituents is 1. The van der Waals surface area contributed by atoms with Crippen LogP contribution in [0.5, 0.6) is 5.75 Å². The van der Waals surface area contributed by atoms with Crippen molar-refractivity contribution in [3.63, 3.8) is 0 Å². The first-order valence-corrected chi connectivity index (χ1v) is 6.44. The Labute approximate surface area is 112 Å². The highest BCUT2D eigenvalue weighted by Gasteiger charge is 2.30. The number of nitrogens with zero attached hydrogens (tertiary/aromatic N) is 3. The van der Waals surface area contributed by atoms with E-state index in [4.69, 9.17) is 0 Å². The van der Waals surface area contributed by atoms with Gasteiger partial charge in [-0.3, -0.25) is 25.1 Å². The van der Waals surface area contributed by atoms with Crippen molar-refractivity contribution in [3.8, 4) is 5.75 Å². The molecule has 1 aromatic rings. The van der Waals surface area contributed by atoms with E-state index in [0.29, 0.717) is 6.07 Å². The maximum Gasteiger partial charge on any atom is 0.544 e. The van der Waals surface area contributed by atoms with Crippen LogP contribution in [0, 0.1) is 20.2 Å². The van der Waals surface area contributed by atoms with E-state index in [-0.39, 0.29) is 0 Å². The second-order valence-corrected chi connectivity index (χ2v) is 4.90. The summed E-state index contributed by atoms with van der Waals surface area (Å²) in [4.78, 5) is 28.8. The molecule has 1 N–H and O–H groups in total. The molecule has 0 aliphatic carbocycles. The predicted molar refractivity (Wildman–Crippen MR) is 65.0 cm³/mol. The molecule has 0 aliphatic heterocycles. The number of hydrogen-bond acceptors (Lipinski definition) is 8. The Kier molecular flexibility index (Phi) is 4.73. The number of rotatable bonds is 6. The number of phosphoric acid groups is 1. The molecule has 0 saturated carbocycles. The van der Waals surface area contributed by atoms with E-state index in [1.54, 1.807) is 0 Å². The van der Waals surface area contributed by atoms with Crippen LogP contribution in [-0.2, 0) is 9.19 Å². The Balaban J connectivity index is 3.15. The number of phosphoric ester groups is 1. The second-order valence-electron chi connectivity index (χ2n) is 3.62. The summed E-state index contributed by atoms with van der Waals surface area (Å²) in [5.41, 5.74) is -1.37. The molecule has 0 amide bonds. The molecule has 1 unspecified atom stereocenters. The van der Waals surface area contributed by atoms with Crippen LogP contribution in [0.2, 0.25) is 0 Å². The molecule has 1 atom stereocenters. The zero-order valence-electron chi connectivity index (χ0n) is 10.3. The van der Waals surface area contributed by atoms with E-state index >= 15 is 0 Å². The number of nitro groups is 2. The first-order chi connectivity index (χ1) is 9.12. The third kappa shape index (κ3) is 4.24. The smallest absolute Gasteiger partial charge is 0.396 e. The summed E-state index contributed by atoms with van der Waals surface area (Å²) in [6.07, 6.45) is 0. The van der Waals surface area contributed by atoms with Gasteiger partial charge in [0.1, 0.15) is 0 Å². The number of hydroxylamine groups is 2. The molecule has 0 aromatic heterocycles. The summed E-state index contributed by atoms with van der Waals surface area (Å²) in [7, 11) is -2.02. The quantitative estimate of drug-likeness (QED) is 0.469. The van der Waals surface area contributed by atoms with Crippen molar-refractivity contribution in [2.45, 2.75) is 0 Å². The van der Waals surface area contributed by atoms with E-state index < -0.39 is 34.8 Å². The van der Waals surface area contributed by atoms with Gasteiger partial charge in [-0.15, -0.1) is 0 Å². The summed E-state index contributed by atoms with van der Waals surface area (Å²) in [6.45, 7) is 0. The van der Waals surface area contributed by atoms with Crippen molar-refractivity contribution in [1.82, 2.24) is 5.06 Å². The molecule has 0 fully saturated rings. The first-order valence-electron chi connectivity index (χ1n) is 4.94. The summed E-state index contributed by atoms with van der Waals surface area (Å²) in [5, 5.41) is 22.2. The van der Waals surface area contributed by atoms with E-state index in [1.807, 2.05) is 0 Å². The molecule has 1 aromatic carbocycles. The summed E-state index contributed by atoms with van der Waals surface area (Å²) < 4.78 is 20.4. The highest BCUT2D eigenvalue weighted by atomic mass is 31.2. The minimum Gasteiger partial charge on any atom is -0.396 e. The average Bonchev–Trinajstić information content (AvgIpc) is 2.26. The molecule has 0 spiro atoms. The van der Waals surface area contributed by atoms with Gasteiger partial charge in [0.05, 0.1) is 15.9 Å². The highest BCUT2D eigenvalue weighted by Crippen LogP contribution is 2.47. The fourth-order valence-corrected chi connectivity index (χ4v) is 2.04. The Morgan fingerprint density at radius 3 is 2.30 bits per heavy atom. The third-order valence-corrected chi connectivity index (χ3v) is 2.79. The van der Waals surface area contributed by atoms with Crippen LogP contribution in [0.1, 0.15) is 0 Å². The number of nitro benzene ring substituents is 2. The van der Waals surface area contributed by atoms with E-state index in [1.165, 1.54) is 14.1 Å². The van der Waals surface area contributed by atoms with Crippen molar-refractivity contribution in [3.05, 3.63) is 38.4 Å². The van der Waals surface area contributed by atoms with Gasteiger partial charge in [0, 0.05) is 20.2 Å². The molecule has 110 valence electrons. The Morgan fingerprint density at radius 2 is 1.85 bits per heavy atom. The molecule has 0 radical (unpaired) electrons. The summed E-state index contributed by atoms with van der Waals surface area (Å²) in [5.74, 6) is -0.617. The fraction of sp³-hybridized carbons (Fsp3) is 0.250. The minimum absolute atomic E-state index is 0.551. The molecular weight excluding hydrogens is 297 g/mol. The molecule has 0 aliphatic rings. The topological polar surface area (TPSA) is 145 Å². The molecule has 11 nitrogen and oxygen atoms in total. The normalized spacial score (nSPS) is 13.8. The largest absolute Gasteiger partial charge is 0.544 e. The van der Waals surface area contributed by atoms with Crippen molar-refractivity contribution < 1.29 is 28.5 Å². The zero-order chi connectivity index (χ0) is 15.5.